The summed E-state index contributed by atoms with van der Waals surface area (Å²) in [4.78, 5) is 13.0. The molecule has 2 N–H and O–H groups in total. The van der Waals surface area contributed by atoms with Crippen LogP contribution in [0.4, 0.5) is 0 Å². The third-order valence-corrected chi connectivity index (χ3v) is 6.06. The van der Waals surface area contributed by atoms with Gasteiger partial charge in [0.1, 0.15) is 12.1 Å². The first-order valence-corrected chi connectivity index (χ1v) is 9.29. The number of ketones is 1. The maximum Gasteiger partial charge on any atom is 0.151 e. The van der Waals surface area contributed by atoms with E-state index in [9.17, 15) is 4.79 Å². The van der Waals surface area contributed by atoms with Crippen LogP contribution in [-0.4, -0.2) is 5.78 Å². The molecule has 1 aliphatic heterocycles. The van der Waals surface area contributed by atoms with E-state index in [1.54, 1.807) is 0 Å². The molecule has 0 amide bonds. The number of hydrogen-bond acceptors (Lipinski definition) is 1. The lowest BCUT2D eigenvalue weighted by molar-refractivity contribution is -0.750. The first kappa shape index (κ1) is 16.1. The van der Waals surface area contributed by atoms with Crippen molar-refractivity contribution in [2.75, 3.05) is 0 Å². The Hall–Kier alpha value is -1.35. The molecule has 1 heterocycles. The Morgan fingerprint density at radius 1 is 0.750 bits per heavy atom. The van der Waals surface area contributed by atoms with Gasteiger partial charge in [-0.3, -0.25) is 4.79 Å². The molecule has 2 aromatic carbocycles. The van der Waals surface area contributed by atoms with E-state index in [0.717, 1.165) is 29.3 Å². The number of hydrogen-bond donors (Lipinski definition) is 1. The quantitative estimate of drug-likeness (QED) is 0.848. The van der Waals surface area contributed by atoms with Crippen LogP contribution < -0.4 is 5.32 Å². The molecule has 2 aliphatic rings. The lowest BCUT2D eigenvalue weighted by atomic mass is 9.67. The zero-order valence-electron chi connectivity index (χ0n) is 13.3. The van der Waals surface area contributed by atoms with E-state index in [-0.39, 0.29) is 23.9 Å². The molecule has 0 radical (unpaired) electrons. The highest BCUT2D eigenvalue weighted by Crippen LogP contribution is 2.41. The van der Waals surface area contributed by atoms with Gasteiger partial charge in [0.05, 0.1) is 11.8 Å². The number of piperidine rings is 1. The predicted octanol–water partition coefficient (Wildman–Crippen LogP) is 4.34. The number of carbonyl (C=O) groups excluding carboxylic acids is 1. The maximum absolute atomic E-state index is 13.0. The van der Waals surface area contributed by atoms with Crippen LogP contribution in [0.25, 0.3) is 0 Å². The minimum Gasteiger partial charge on any atom is -0.333 e. The van der Waals surface area contributed by atoms with Gasteiger partial charge < -0.3 is 5.32 Å². The Morgan fingerprint density at radius 3 is 1.58 bits per heavy atom. The van der Waals surface area contributed by atoms with Crippen LogP contribution in [0.5, 0.6) is 0 Å². The van der Waals surface area contributed by atoms with Crippen LogP contribution in [0.15, 0.2) is 48.5 Å². The zero-order chi connectivity index (χ0) is 16.7. The summed E-state index contributed by atoms with van der Waals surface area (Å²) in [5.74, 6) is 0.672. The van der Waals surface area contributed by atoms with Gasteiger partial charge in [-0.15, -0.1) is 0 Å². The molecule has 0 unspecified atom stereocenters. The van der Waals surface area contributed by atoms with E-state index >= 15 is 0 Å². The second kappa shape index (κ2) is 6.51. The van der Waals surface area contributed by atoms with Gasteiger partial charge in [-0.2, -0.15) is 0 Å². The molecular weight excluding hydrogens is 341 g/mol. The summed E-state index contributed by atoms with van der Waals surface area (Å²) in [6.45, 7) is 0. The number of rotatable bonds is 2. The minimum absolute atomic E-state index is 0.119. The van der Waals surface area contributed by atoms with E-state index in [1.165, 1.54) is 11.1 Å². The third-order valence-electron chi connectivity index (χ3n) is 5.55. The fourth-order valence-electron chi connectivity index (χ4n) is 4.38. The van der Waals surface area contributed by atoms with Crippen molar-refractivity contribution in [3.8, 4) is 0 Å². The molecule has 1 saturated carbocycles. The first-order chi connectivity index (χ1) is 11.6. The summed E-state index contributed by atoms with van der Waals surface area (Å²) in [7, 11) is 0. The Morgan fingerprint density at radius 2 is 1.17 bits per heavy atom. The SMILES string of the molecule is O=C1[C@H]2CCC[C@H]1[C@H](c1ccc(Cl)cc1)[NH2+][C@@H]2c1ccc(Cl)cc1. The Labute approximate surface area is 152 Å². The molecule has 2 fully saturated rings. The van der Waals surface area contributed by atoms with E-state index in [2.05, 4.69) is 29.6 Å². The van der Waals surface area contributed by atoms with Gasteiger partial charge in [-0.1, -0.05) is 53.9 Å². The van der Waals surface area contributed by atoms with Crippen LogP contribution in [0.1, 0.15) is 42.5 Å². The number of nitrogens with two attached hydrogens (primary N) is 1. The van der Waals surface area contributed by atoms with E-state index < -0.39 is 0 Å². The highest BCUT2D eigenvalue weighted by atomic mass is 35.5. The first-order valence-electron chi connectivity index (χ1n) is 8.53. The number of carbonyl (C=O) groups is 1. The van der Waals surface area contributed by atoms with Crippen LogP contribution >= 0.6 is 23.2 Å². The van der Waals surface area contributed by atoms with Gasteiger partial charge in [0.15, 0.2) is 5.78 Å². The van der Waals surface area contributed by atoms with Gasteiger partial charge >= 0.3 is 0 Å². The normalized spacial score (nSPS) is 29.5. The fourth-order valence-corrected chi connectivity index (χ4v) is 4.63. The van der Waals surface area contributed by atoms with E-state index in [4.69, 9.17) is 23.2 Å². The molecule has 1 saturated heterocycles. The molecule has 2 nitrogen and oxygen atoms in total. The summed E-state index contributed by atoms with van der Waals surface area (Å²) in [6, 6.07) is 16.3. The molecule has 1 aliphatic carbocycles. The van der Waals surface area contributed by atoms with Gasteiger partial charge in [-0.05, 0) is 37.1 Å². The van der Waals surface area contributed by atoms with Crippen LogP contribution in [0.3, 0.4) is 0 Å². The topological polar surface area (TPSA) is 33.7 Å². The summed E-state index contributed by atoms with van der Waals surface area (Å²) in [6.07, 6.45) is 3.11. The van der Waals surface area contributed by atoms with Crippen molar-refractivity contribution in [3.05, 3.63) is 69.7 Å². The van der Waals surface area contributed by atoms with Crippen molar-refractivity contribution < 1.29 is 10.1 Å². The molecular formula is C20H20Cl2NO+. The molecule has 2 aromatic rings. The number of fused-ring (bicyclic) bond motifs is 2. The Bertz CT molecular complexity index is 680. The number of quaternary nitrogens is 1. The van der Waals surface area contributed by atoms with Gasteiger partial charge in [-0.25, -0.2) is 0 Å². The van der Waals surface area contributed by atoms with Crippen LogP contribution in [0.2, 0.25) is 10.0 Å². The average Bonchev–Trinajstić information content (AvgIpc) is 2.57. The second-order valence-corrected chi connectivity index (χ2v) is 7.77. The highest BCUT2D eigenvalue weighted by Gasteiger charge is 2.49. The number of Topliss-reactive ketones (excluding diaryl/α,β-unsaturated/α-hetero) is 1. The summed E-state index contributed by atoms with van der Waals surface area (Å²) in [5, 5.41) is 3.86. The van der Waals surface area contributed by atoms with Crippen molar-refractivity contribution in [2.45, 2.75) is 31.3 Å². The predicted molar refractivity (Wildman–Crippen MR) is 96.1 cm³/mol. The summed E-state index contributed by atoms with van der Waals surface area (Å²) in [5.41, 5.74) is 2.38. The van der Waals surface area contributed by atoms with E-state index in [1.807, 2.05) is 24.3 Å². The summed E-state index contributed by atoms with van der Waals surface area (Å²) >= 11 is 12.1. The molecule has 24 heavy (non-hydrogen) atoms. The van der Waals surface area contributed by atoms with Crippen LogP contribution in [-0.2, 0) is 4.79 Å². The van der Waals surface area contributed by atoms with Crippen molar-refractivity contribution in [1.82, 2.24) is 0 Å². The fraction of sp³-hybridized carbons (Fsp3) is 0.350. The van der Waals surface area contributed by atoms with Crippen molar-refractivity contribution in [2.24, 2.45) is 11.8 Å². The smallest absolute Gasteiger partial charge is 0.151 e. The maximum atomic E-state index is 13.0. The van der Waals surface area contributed by atoms with Crippen molar-refractivity contribution in [1.29, 1.82) is 0 Å². The molecule has 4 heteroatoms. The Kier molecular flexibility index (Phi) is 4.38. The molecule has 4 rings (SSSR count). The lowest BCUT2D eigenvalue weighted by Crippen LogP contribution is -2.92. The molecule has 0 aromatic heterocycles. The van der Waals surface area contributed by atoms with Gasteiger partial charge in [0, 0.05) is 21.2 Å². The van der Waals surface area contributed by atoms with Crippen molar-refractivity contribution >= 4 is 29.0 Å². The number of benzene rings is 2. The van der Waals surface area contributed by atoms with Gasteiger partial charge in [0.2, 0.25) is 0 Å². The Balaban J connectivity index is 1.71. The van der Waals surface area contributed by atoms with E-state index in [0.29, 0.717) is 5.78 Å². The monoisotopic (exact) mass is 360 g/mol. The average molecular weight is 361 g/mol. The minimum atomic E-state index is 0.119. The second-order valence-electron chi connectivity index (χ2n) is 6.89. The largest absolute Gasteiger partial charge is 0.333 e. The molecule has 2 bridgehead atoms. The molecule has 4 atom stereocenters. The molecule has 0 spiro atoms. The highest BCUT2D eigenvalue weighted by molar-refractivity contribution is 6.30. The molecule has 124 valence electrons. The third kappa shape index (κ3) is 2.88. The van der Waals surface area contributed by atoms with Gasteiger partial charge in [0.25, 0.3) is 0 Å². The van der Waals surface area contributed by atoms with Crippen LogP contribution in [0, 0.1) is 11.8 Å². The number of halogens is 2. The van der Waals surface area contributed by atoms with Crippen molar-refractivity contribution in [3.63, 3.8) is 0 Å². The zero-order valence-corrected chi connectivity index (χ0v) is 14.8. The lowest BCUT2D eigenvalue weighted by Gasteiger charge is -2.42. The summed E-state index contributed by atoms with van der Waals surface area (Å²) < 4.78 is 0. The standard InChI is InChI=1S/C20H19Cl2NO/c21-14-8-4-12(5-9-14)18-16-2-1-3-17(20(16)24)19(23-18)13-6-10-15(22)11-7-13/h4-11,16-19,23H,1-3H2/p+1/t16-,17-,18-,19+/m0/s1.